The predicted molar refractivity (Wildman–Crippen MR) is 65.1 cm³/mol. The van der Waals surface area contributed by atoms with Crippen LogP contribution in [0.25, 0.3) is 0 Å². The second-order valence-electron chi connectivity index (χ2n) is 4.43. The highest BCUT2D eigenvalue weighted by molar-refractivity contribution is 6.04. The molecule has 4 nitrogen and oxygen atoms in total. The van der Waals surface area contributed by atoms with Gasteiger partial charge in [0.2, 0.25) is 5.91 Å². The topological polar surface area (TPSA) is 46.6 Å². The molecule has 0 N–H and O–H groups in total. The SMILES string of the molecule is CC(C)C(=O)N(C)C(=O)c1ccc(OC(F)(F)F)cc1. The number of halogens is 3. The monoisotopic (exact) mass is 289 g/mol. The average molecular weight is 289 g/mol. The minimum Gasteiger partial charge on any atom is -0.406 e. The molecular formula is C13H14F3NO3. The van der Waals surface area contributed by atoms with Gasteiger partial charge in [-0.15, -0.1) is 13.2 Å². The molecule has 0 unspecified atom stereocenters. The highest BCUT2D eigenvalue weighted by Crippen LogP contribution is 2.23. The highest BCUT2D eigenvalue weighted by atomic mass is 19.4. The molecule has 0 aliphatic heterocycles. The van der Waals surface area contributed by atoms with E-state index in [0.29, 0.717) is 0 Å². The zero-order chi connectivity index (χ0) is 15.5. The van der Waals surface area contributed by atoms with Crippen molar-refractivity contribution in [2.75, 3.05) is 7.05 Å². The largest absolute Gasteiger partial charge is 0.573 e. The summed E-state index contributed by atoms with van der Waals surface area (Å²) in [4.78, 5) is 24.5. The number of carbonyl (C=O) groups excluding carboxylic acids is 2. The van der Waals surface area contributed by atoms with Gasteiger partial charge in [-0.05, 0) is 24.3 Å². The summed E-state index contributed by atoms with van der Waals surface area (Å²) >= 11 is 0. The van der Waals surface area contributed by atoms with Crippen LogP contribution in [-0.2, 0) is 4.79 Å². The van der Waals surface area contributed by atoms with Crippen LogP contribution in [0.1, 0.15) is 24.2 Å². The number of benzene rings is 1. The Morgan fingerprint density at radius 3 is 2.05 bits per heavy atom. The smallest absolute Gasteiger partial charge is 0.406 e. The third kappa shape index (κ3) is 4.25. The molecule has 110 valence electrons. The predicted octanol–water partition coefficient (Wildman–Crippen LogP) is 2.84. The fourth-order valence-corrected chi connectivity index (χ4v) is 1.48. The first-order valence-electron chi connectivity index (χ1n) is 5.79. The summed E-state index contributed by atoms with van der Waals surface area (Å²) in [5, 5.41) is 0. The molecule has 0 atom stereocenters. The standard InChI is InChI=1S/C13H14F3NO3/c1-8(2)11(18)17(3)12(19)9-4-6-10(7-5-9)20-13(14,15)16/h4-8H,1-3H3. The van der Waals surface area contributed by atoms with E-state index in [1.165, 1.54) is 19.2 Å². The van der Waals surface area contributed by atoms with Gasteiger partial charge in [0.15, 0.2) is 0 Å². The van der Waals surface area contributed by atoms with Gasteiger partial charge in [0.05, 0.1) is 0 Å². The molecule has 2 amide bonds. The first-order chi connectivity index (χ1) is 9.11. The molecule has 20 heavy (non-hydrogen) atoms. The summed E-state index contributed by atoms with van der Waals surface area (Å²) in [6.07, 6.45) is -4.78. The number of hydrogen-bond acceptors (Lipinski definition) is 3. The lowest BCUT2D eigenvalue weighted by Gasteiger charge is -2.17. The number of carbonyl (C=O) groups is 2. The molecule has 0 heterocycles. The van der Waals surface area contributed by atoms with Gasteiger partial charge in [0.25, 0.3) is 5.91 Å². The molecule has 0 aliphatic carbocycles. The Morgan fingerprint density at radius 2 is 1.65 bits per heavy atom. The third-order valence-electron chi connectivity index (χ3n) is 2.46. The van der Waals surface area contributed by atoms with Crippen LogP contribution < -0.4 is 4.74 Å². The lowest BCUT2D eigenvalue weighted by Crippen LogP contribution is -2.36. The zero-order valence-electron chi connectivity index (χ0n) is 11.2. The van der Waals surface area contributed by atoms with Gasteiger partial charge in [-0.2, -0.15) is 0 Å². The maximum atomic E-state index is 12.0. The molecular weight excluding hydrogens is 275 g/mol. The van der Waals surface area contributed by atoms with E-state index < -0.39 is 18.0 Å². The molecule has 0 spiro atoms. The second-order valence-corrected chi connectivity index (χ2v) is 4.43. The van der Waals surface area contributed by atoms with Crippen LogP contribution in [0.15, 0.2) is 24.3 Å². The Labute approximate surface area is 114 Å². The summed E-state index contributed by atoms with van der Waals surface area (Å²) in [6, 6.07) is 4.39. The summed E-state index contributed by atoms with van der Waals surface area (Å²) < 4.78 is 39.6. The minimum absolute atomic E-state index is 0.107. The number of amides is 2. The van der Waals surface area contributed by atoms with Crippen LogP contribution in [-0.4, -0.2) is 30.1 Å². The van der Waals surface area contributed by atoms with Crippen molar-refractivity contribution < 1.29 is 27.5 Å². The second kappa shape index (κ2) is 5.94. The first kappa shape index (κ1) is 16.0. The molecule has 0 bridgehead atoms. The van der Waals surface area contributed by atoms with Crippen molar-refractivity contribution >= 4 is 11.8 Å². The van der Waals surface area contributed by atoms with E-state index in [-0.39, 0.29) is 17.4 Å². The van der Waals surface area contributed by atoms with Crippen LogP contribution >= 0.6 is 0 Å². The van der Waals surface area contributed by atoms with E-state index in [4.69, 9.17) is 0 Å². The Hall–Kier alpha value is -2.05. The number of nitrogens with zero attached hydrogens (tertiary/aromatic N) is 1. The van der Waals surface area contributed by atoms with Gasteiger partial charge in [-0.25, -0.2) is 0 Å². The van der Waals surface area contributed by atoms with Crippen LogP contribution in [0.3, 0.4) is 0 Å². The van der Waals surface area contributed by atoms with Gasteiger partial charge in [0, 0.05) is 18.5 Å². The van der Waals surface area contributed by atoms with E-state index in [1.54, 1.807) is 13.8 Å². The molecule has 0 aliphatic rings. The van der Waals surface area contributed by atoms with E-state index >= 15 is 0 Å². The number of rotatable bonds is 3. The van der Waals surface area contributed by atoms with E-state index in [2.05, 4.69) is 4.74 Å². The van der Waals surface area contributed by atoms with Gasteiger partial charge >= 0.3 is 6.36 Å². The minimum atomic E-state index is -4.78. The molecule has 0 aromatic heterocycles. The van der Waals surface area contributed by atoms with Gasteiger partial charge in [-0.3, -0.25) is 14.5 Å². The molecule has 0 fully saturated rings. The van der Waals surface area contributed by atoms with Crippen molar-refractivity contribution in [3.05, 3.63) is 29.8 Å². The third-order valence-corrected chi connectivity index (χ3v) is 2.46. The molecule has 1 aromatic carbocycles. The van der Waals surface area contributed by atoms with Crippen LogP contribution in [0, 0.1) is 5.92 Å². The Morgan fingerprint density at radius 1 is 1.15 bits per heavy atom. The molecule has 7 heteroatoms. The Bertz CT molecular complexity index is 495. The van der Waals surface area contributed by atoms with E-state index in [9.17, 15) is 22.8 Å². The van der Waals surface area contributed by atoms with Crippen molar-refractivity contribution in [3.63, 3.8) is 0 Å². The summed E-state index contributed by atoms with van der Waals surface area (Å²) in [5.41, 5.74) is 0.107. The molecule has 1 aromatic rings. The lowest BCUT2D eigenvalue weighted by molar-refractivity contribution is -0.274. The Balaban J connectivity index is 2.83. The summed E-state index contributed by atoms with van der Waals surface area (Å²) in [7, 11) is 1.32. The molecule has 0 saturated heterocycles. The fourth-order valence-electron chi connectivity index (χ4n) is 1.48. The van der Waals surface area contributed by atoms with E-state index in [1.807, 2.05) is 0 Å². The van der Waals surface area contributed by atoms with Crippen LogP contribution in [0.4, 0.5) is 13.2 Å². The quantitative estimate of drug-likeness (QED) is 0.859. The number of hydrogen-bond donors (Lipinski definition) is 0. The van der Waals surface area contributed by atoms with Gasteiger partial charge in [-0.1, -0.05) is 13.8 Å². The fraction of sp³-hybridized carbons (Fsp3) is 0.385. The number of imide groups is 1. The number of alkyl halides is 3. The van der Waals surface area contributed by atoms with Crippen LogP contribution in [0.2, 0.25) is 0 Å². The lowest BCUT2D eigenvalue weighted by atomic mass is 10.1. The maximum absolute atomic E-state index is 12.0. The van der Waals surface area contributed by atoms with Crippen molar-refractivity contribution in [2.24, 2.45) is 5.92 Å². The van der Waals surface area contributed by atoms with Crippen molar-refractivity contribution in [3.8, 4) is 5.75 Å². The van der Waals surface area contributed by atoms with Crippen LogP contribution in [0.5, 0.6) is 5.75 Å². The maximum Gasteiger partial charge on any atom is 0.573 e. The van der Waals surface area contributed by atoms with Gasteiger partial charge < -0.3 is 4.74 Å². The first-order valence-corrected chi connectivity index (χ1v) is 5.79. The van der Waals surface area contributed by atoms with E-state index in [0.717, 1.165) is 17.0 Å². The van der Waals surface area contributed by atoms with Gasteiger partial charge in [0.1, 0.15) is 5.75 Å². The average Bonchev–Trinajstić information content (AvgIpc) is 2.35. The van der Waals surface area contributed by atoms with Crippen molar-refractivity contribution in [2.45, 2.75) is 20.2 Å². The van der Waals surface area contributed by atoms with Crippen molar-refractivity contribution in [1.82, 2.24) is 4.90 Å². The van der Waals surface area contributed by atoms with Crippen molar-refractivity contribution in [1.29, 1.82) is 0 Å². The molecule has 0 radical (unpaired) electrons. The summed E-state index contributed by atoms with van der Waals surface area (Å²) in [6.45, 7) is 3.29. The molecule has 0 saturated carbocycles. The zero-order valence-corrected chi connectivity index (χ0v) is 11.2. The Kier molecular flexibility index (Phi) is 4.75. The highest BCUT2D eigenvalue weighted by Gasteiger charge is 2.31. The molecule has 1 rings (SSSR count). The summed E-state index contributed by atoms with van der Waals surface area (Å²) in [5.74, 6) is -1.73. The normalized spacial score (nSPS) is 11.3. The number of ether oxygens (including phenoxy) is 1.